The van der Waals surface area contributed by atoms with Crippen molar-refractivity contribution in [2.75, 3.05) is 18.5 Å². The molecule has 0 saturated carbocycles. The van der Waals surface area contributed by atoms with Gasteiger partial charge in [0.05, 0.1) is 29.9 Å². The van der Waals surface area contributed by atoms with E-state index in [2.05, 4.69) is 10.4 Å². The van der Waals surface area contributed by atoms with Crippen LogP contribution in [0.4, 0.5) is 5.69 Å². The standard InChI is InChI=1S/C13H15N3O2/c1-9-2-4-16-12(6-9)11(7-14-16)15-13(17)10-3-5-18-8-10/h2,4,6-7,10H,3,5,8H2,1H3,(H,15,17). The lowest BCUT2D eigenvalue weighted by atomic mass is 10.1. The number of aryl methyl sites for hydroxylation is 1. The Balaban J connectivity index is 1.85. The number of anilines is 1. The molecular formula is C13H15N3O2. The van der Waals surface area contributed by atoms with Gasteiger partial charge in [0.2, 0.25) is 5.91 Å². The fourth-order valence-corrected chi connectivity index (χ4v) is 2.16. The number of hydrogen-bond acceptors (Lipinski definition) is 3. The SMILES string of the molecule is Cc1ccn2ncc(NC(=O)C3CCOC3)c2c1. The third kappa shape index (κ3) is 1.97. The highest BCUT2D eigenvalue weighted by Crippen LogP contribution is 2.20. The molecule has 5 heteroatoms. The normalized spacial score (nSPS) is 19.3. The van der Waals surface area contributed by atoms with Crippen LogP contribution >= 0.6 is 0 Å². The van der Waals surface area contributed by atoms with Crippen LogP contribution in [0.25, 0.3) is 5.52 Å². The molecule has 1 fully saturated rings. The van der Waals surface area contributed by atoms with E-state index in [-0.39, 0.29) is 11.8 Å². The van der Waals surface area contributed by atoms with E-state index in [0.717, 1.165) is 23.2 Å². The molecule has 2 aromatic rings. The largest absolute Gasteiger partial charge is 0.381 e. The van der Waals surface area contributed by atoms with Crippen LogP contribution < -0.4 is 5.32 Å². The molecular weight excluding hydrogens is 230 g/mol. The van der Waals surface area contributed by atoms with Gasteiger partial charge in [-0.25, -0.2) is 4.52 Å². The summed E-state index contributed by atoms with van der Waals surface area (Å²) in [7, 11) is 0. The second kappa shape index (κ2) is 4.42. The van der Waals surface area contributed by atoms with Crippen molar-refractivity contribution in [1.82, 2.24) is 9.61 Å². The molecule has 0 bridgehead atoms. The summed E-state index contributed by atoms with van der Waals surface area (Å²) in [6.07, 6.45) is 4.37. The molecule has 18 heavy (non-hydrogen) atoms. The summed E-state index contributed by atoms with van der Waals surface area (Å²) in [5.74, 6) is -0.0198. The molecule has 3 heterocycles. The maximum Gasteiger partial charge on any atom is 0.230 e. The Bertz CT molecular complexity index is 585. The van der Waals surface area contributed by atoms with Gasteiger partial charge in [0.25, 0.3) is 0 Å². The molecule has 1 N–H and O–H groups in total. The maximum atomic E-state index is 12.0. The van der Waals surface area contributed by atoms with E-state index >= 15 is 0 Å². The van der Waals surface area contributed by atoms with Gasteiger partial charge >= 0.3 is 0 Å². The monoisotopic (exact) mass is 245 g/mol. The van der Waals surface area contributed by atoms with Gasteiger partial charge in [-0.2, -0.15) is 5.10 Å². The number of carbonyl (C=O) groups is 1. The number of aromatic nitrogens is 2. The summed E-state index contributed by atoms with van der Waals surface area (Å²) >= 11 is 0. The van der Waals surface area contributed by atoms with E-state index in [4.69, 9.17) is 4.74 Å². The first-order valence-electron chi connectivity index (χ1n) is 6.06. The molecule has 1 unspecified atom stereocenters. The highest BCUT2D eigenvalue weighted by atomic mass is 16.5. The average Bonchev–Trinajstić information content (AvgIpc) is 2.99. The number of fused-ring (bicyclic) bond motifs is 1. The third-order valence-electron chi connectivity index (χ3n) is 3.24. The fraction of sp³-hybridized carbons (Fsp3) is 0.385. The lowest BCUT2D eigenvalue weighted by Gasteiger charge is -2.08. The Kier molecular flexibility index (Phi) is 2.76. The molecule has 94 valence electrons. The summed E-state index contributed by atoms with van der Waals surface area (Å²) in [5, 5.41) is 7.14. The smallest absolute Gasteiger partial charge is 0.230 e. The second-order valence-electron chi connectivity index (χ2n) is 4.64. The number of carbonyl (C=O) groups excluding carboxylic acids is 1. The molecule has 1 amide bonds. The van der Waals surface area contributed by atoms with Crippen molar-refractivity contribution in [3.8, 4) is 0 Å². The predicted octanol–water partition coefficient (Wildman–Crippen LogP) is 1.62. The van der Waals surface area contributed by atoms with Crippen LogP contribution in [0.1, 0.15) is 12.0 Å². The first kappa shape index (κ1) is 11.2. The van der Waals surface area contributed by atoms with Gasteiger partial charge in [-0.15, -0.1) is 0 Å². The van der Waals surface area contributed by atoms with Crippen LogP contribution in [0.3, 0.4) is 0 Å². The number of nitrogens with one attached hydrogen (secondary N) is 1. The summed E-state index contributed by atoms with van der Waals surface area (Å²) < 4.78 is 6.98. The Morgan fingerprint density at radius 2 is 2.50 bits per heavy atom. The van der Waals surface area contributed by atoms with Gasteiger partial charge in [0.1, 0.15) is 0 Å². The molecule has 2 aromatic heterocycles. The van der Waals surface area contributed by atoms with Gasteiger partial charge in [-0.3, -0.25) is 4.79 Å². The molecule has 0 aromatic carbocycles. The van der Waals surface area contributed by atoms with Gasteiger partial charge in [0, 0.05) is 12.8 Å². The zero-order chi connectivity index (χ0) is 12.5. The van der Waals surface area contributed by atoms with E-state index in [9.17, 15) is 4.79 Å². The third-order valence-corrected chi connectivity index (χ3v) is 3.24. The van der Waals surface area contributed by atoms with Crippen molar-refractivity contribution < 1.29 is 9.53 Å². The molecule has 1 saturated heterocycles. The number of hydrogen-bond donors (Lipinski definition) is 1. The average molecular weight is 245 g/mol. The lowest BCUT2D eigenvalue weighted by molar-refractivity contribution is -0.119. The highest BCUT2D eigenvalue weighted by molar-refractivity contribution is 5.96. The predicted molar refractivity (Wildman–Crippen MR) is 67.5 cm³/mol. The molecule has 0 spiro atoms. The number of amides is 1. The van der Waals surface area contributed by atoms with Crippen molar-refractivity contribution in [2.24, 2.45) is 5.92 Å². The zero-order valence-corrected chi connectivity index (χ0v) is 10.2. The minimum Gasteiger partial charge on any atom is -0.381 e. The number of pyridine rings is 1. The quantitative estimate of drug-likeness (QED) is 0.874. The van der Waals surface area contributed by atoms with Gasteiger partial charge < -0.3 is 10.1 Å². The first-order valence-corrected chi connectivity index (χ1v) is 6.06. The first-order chi connectivity index (χ1) is 8.74. The Hall–Kier alpha value is -1.88. The van der Waals surface area contributed by atoms with Crippen LogP contribution in [-0.2, 0) is 9.53 Å². The van der Waals surface area contributed by atoms with Gasteiger partial charge in [0.15, 0.2) is 0 Å². The maximum absolute atomic E-state index is 12.0. The lowest BCUT2D eigenvalue weighted by Crippen LogP contribution is -2.22. The minimum atomic E-state index is -0.0373. The van der Waals surface area contributed by atoms with E-state index in [1.807, 2.05) is 25.3 Å². The van der Waals surface area contributed by atoms with E-state index in [1.54, 1.807) is 10.7 Å². The van der Waals surface area contributed by atoms with Crippen LogP contribution in [0.15, 0.2) is 24.5 Å². The summed E-state index contributed by atoms with van der Waals surface area (Å²) in [4.78, 5) is 12.0. The van der Waals surface area contributed by atoms with Gasteiger partial charge in [-0.1, -0.05) is 0 Å². The Morgan fingerprint density at radius 1 is 1.61 bits per heavy atom. The van der Waals surface area contributed by atoms with Crippen molar-refractivity contribution in [1.29, 1.82) is 0 Å². The Morgan fingerprint density at radius 3 is 3.28 bits per heavy atom. The van der Waals surface area contributed by atoms with E-state index < -0.39 is 0 Å². The van der Waals surface area contributed by atoms with Crippen molar-refractivity contribution in [3.63, 3.8) is 0 Å². The number of nitrogens with zero attached hydrogens (tertiary/aromatic N) is 2. The molecule has 3 rings (SSSR count). The topological polar surface area (TPSA) is 55.6 Å². The van der Waals surface area contributed by atoms with Crippen molar-refractivity contribution in [3.05, 3.63) is 30.1 Å². The van der Waals surface area contributed by atoms with Crippen LogP contribution in [0.2, 0.25) is 0 Å². The van der Waals surface area contributed by atoms with E-state index in [1.165, 1.54) is 0 Å². The molecule has 5 nitrogen and oxygen atoms in total. The second-order valence-corrected chi connectivity index (χ2v) is 4.64. The number of rotatable bonds is 2. The number of ether oxygens (including phenoxy) is 1. The molecule has 0 radical (unpaired) electrons. The van der Waals surface area contributed by atoms with Crippen LogP contribution in [-0.4, -0.2) is 28.7 Å². The molecule has 1 aliphatic rings. The van der Waals surface area contributed by atoms with Crippen molar-refractivity contribution >= 4 is 17.1 Å². The summed E-state index contributed by atoms with van der Waals surface area (Å²) in [6.45, 7) is 3.21. The van der Waals surface area contributed by atoms with Crippen LogP contribution in [0.5, 0.6) is 0 Å². The molecule has 1 aliphatic heterocycles. The summed E-state index contributed by atoms with van der Waals surface area (Å²) in [5.41, 5.74) is 2.82. The van der Waals surface area contributed by atoms with E-state index in [0.29, 0.717) is 13.2 Å². The molecule has 1 atom stereocenters. The van der Waals surface area contributed by atoms with Crippen LogP contribution in [0, 0.1) is 12.8 Å². The summed E-state index contributed by atoms with van der Waals surface area (Å²) in [6, 6.07) is 3.99. The highest BCUT2D eigenvalue weighted by Gasteiger charge is 2.24. The fourth-order valence-electron chi connectivity index (χ4n) is 2.16. The Labute approximate surface area is 105 Å². The zero-order valence-electron chi connectivity index (χ0n) is 10.2. The van der Waals surface area contributed by atoms with Gasteiger partial charge in [-0.05, 0) is 31.0 Å². The van der Waals surface area contributed by atoms with Crippen molar-refractivity contribution in [2.45, 2.75) is 13.3 Å². The molecule has 0 aliphatic carbocycles. The minimum absolute atomic E-state index is 0.0175.